The summed E-state index contributed by atoms with van der Waals surface area (Å²) in [5, 5.41) is 8.19. The van der Waals surface area contributed by atoms with E-state index in [2.05, 4.69) is 52.0 Å². The fourth-order valence-electron chi connectivity index (χ4n) is 5.40. The Morgan fingerprint density at radius 2 is 1.42 bits per heavy atom. The number of piperidine rings is 1. The van der Waals surface area contributed by atoms with E-state index in [1.807, 2.05) is 11.8 Å². The SMILES string of the molecule is Cc1ccc(S(=O)(=O)c2ccc(N3CCC(C(=O)N4CCN(c5ccc(C)cc5C)CC4)CC3)nn2)cc1. The molecule has 1 aromatic heterocycles. The summed E-state index contributed by atoms with van der Waals surface area (Å²) in [6, 6.07) is 16.5. The maximum absolute atomic E-state index is 13.3. The summed E-state index contributed by atoms with van der Waals surface area (Å²) in [7, 11) is -3.71. The van der Waals surface area contributed by atoms with Gasteiger partial charge in [-0.1, -0.05) is 35.4 Å². The van der Waals surface area contributed by atoms with Crippen LogP contribution in [0.4, 0.5) is 11.5 Å². The number of aromatic nitrogens is 2. The maximum atomic E-state index is 13.3. The summed E-state index contributed by atoms with van der Waals surface area (Å²) in [6.45, 7) is 10.7. The number of piperazine rings is 1. The second-order valence-electron chi connectivity index (χ2n) is 10.4. The zero-order chi connectivity index (χ0) is 26.9. The van der Waals surface area contributed by atoms with Gasteiger partial charge in [-0.25, -0.2) is 8.42 Å². The number of hydrogen-bond acceptors (Lipinski definition) is 7. The van der Waals surface area contributed by atoms with E-state index in [9.17, 15) is 13.2 Å². The molecule has 5 rings (SSSR count). The first-order chi connectivity index (χ1) is 18.2. The number of carbonyl (C=O) groups excluding carboxylic acids is 1. The molecule has 3 aromatic rings. The van der Waals surface area contributed by atoms with Crippen molar-refractivity contribution in [1.82, 2.24) is 15.1 Å². The maximum Gasteiger partial charge on any atom is 0.225 e. The zero-order valence-corrected chi connectivity index (χ0v) is 23.1. The molecule has 2 aliphatic rings. The molecule has 0 N–H and O–H groups in total. The zero-order valence-electron chi connectivity index (χ0n) is 22.3. The van der Waals surface area contributed by atoms with Gasteiger partial charge in [0, 0.05) is 50.9 Å². The lowest BCUT2D eigenvalue weighted by atomic mass is 9.95. The van der Waals surface area contributed by atoms with Crippen molar-refractivity contribution < 1.29 is 13.2 Å². The van der Waals surface area contributed by atoms with E-state index in [0.717, 1.165) is 44.6 Å². The van der Waals surface area contributed by atoms with Crippen molar-refractivity contribution >= 4 is 27.2 Å². The largest absolute Gasteiger partial charge is 0.368 e. The molecule has 0 aliphatic carbocycles. The third-order valence-corrected chi connectivity index (χ3v) is 9.35. The van der Waals surface area contributed by atoms with Gasteiger partial charge < -0.3 is 14.7 Å². The van der Waals surface area contributed by atoms with Gasteiger partial charge in [0.15, 0.2) is 10.8 Å². The molecule has 8 nitrogen and oxygen atoms in total. The normalized spacial score (nSPS) is 17.1. The molecule has 0 saturated carbocycles. The van der Waals surface area contributed by atoms with Crippen molar-refractivity contribution in [2.24, 2.45) is 5.92 Å². The molecule has 200 valence electrons. The Balaban J connectivity index is 1.14. The number of sulfone groups is 1. The Kier molecular flexibility index (Phi) is 7.38. The van der Waals surface area contributed by atoms with E-state index < -0.39 is 9.84 Å². The van der Waals surface area contributed by atoms with Crippen molar-refractivity contribution in [2.75, 3.05) is 49.1 Å². The number of aryl methyl sites for hydroxylation is 3. The van der Waals surface area contributed by atoms with Gasteiger partial charge in [0.1, 0.15) is 0 Å². The smallest absolute Gasteiger partial charge is 0.225 e. The Morgan fingerprint density at radius 3 is 2.03 bits per heavy atom. The van der Waals surface area contributed by atoms with Crippen molar-refractivity contribution in [3.8, 4) is 0 Å². The first kappa shape index (κ1) is 26.2. The van der Waals surface area contributed by atoms with Crippen molar-refractivity contribution in [2.45, 2.75) is 43.5 Å². The lowest BCUT2D eigenvalue weighted by molar-refractivity contribution is -0.136. The Morgan fingerprint density at radius 1 is 0.763 bits per heavy atom. The number of benzene rings is 2. The molecule has 2 aromatic carbocycles. The highest BCUT2D eigenvalue weighted by Crippen LogP contribution is 2.27. The van der Waals surface area contributed by atoms with E-state index in [4.69, 9.17) is 0 Å². The van der Waals surface area contributed by atoms with Gasteiger partial charge in [-0.3, -0.25) is 4.79 Å². The predicted octanol–water partition coefficient (Wildman–Crippen LogP) is 3.80. The highest BCUT2D eigenvalue weighted by molar-refractivity contribution is 7.91. The van der Waals surface area contributed by atoms with Crippen LogP contribution in [0, 0.1) is 26.7 Å². The summed E-state index contributed by atoms with van der Waals surface area (Å²) in [5.41, 5.74) is 4.79. The topological polar surface area (TPSA) is 86.7 Å². The van der Waals surface area contributed by atoms with Crippen LogP contribution in [0.2, 0.25) is 0 Å². The molecule has 0 unspecified atom stereocenters. The molecule has 9 heteroatoms. The second kappa shape index (κ2) is 10.7. The first-order valence-electron chi connectivity index (χ1n) is 13.2. The fourth-order valence-corrected chi connectivity index (χ4v) is 6.54. The summed E-state index contributed by atoms with van der Waals surface area (Å²) in [4.78, 5) is 19.9. The standard InChI is InChI=1S/C29H35N5O3S/c1-21-4-7-25(8-5-21)38(36,37)28-11-10-27(30-31-28)33-14-12-24(13-15-33)29(35)34-18-16-32(17-19-34)26-9-6-22(2)20-23(26)3/h4-11,20,24H,12-19H2,1-3H3. The van der Waals surface area contributed by atoms with Gasteiger partial charge in [0.2, 0.25) is 15.7 Å². The lowest BCUT2D eigenvalue weighted by Crippen LogP contribution is -2.52. The minimum absolute atomic E-state index is 0.00746. The molecule has 0 radical (unpaired) electrons. The fraction of sp³-hybridized carbons (Fsp3) is 0.414. The Hall–Kier alpha value is -3.46. The molecule has 2 saturated heterocycles. The van der Waals surface area contributed by atoms with Crippen LogP contribution in [0.3, 0.4) is 0 Å². The van der Waals surface area contributed by atoms with E-state index >= 15 is 0 Å². The van der Waals surface area contributed by atoms with Crippen molar-refractivity contribution in [3.05, 3.63) is 71.3 Å². The highest BCUT2D eigenvalue weighted by Gasteiger charge is 2.31. The molecule has 38 heavy (non-hydrogen) atoms. The summed E-state index contributed by atoms with van der Waals surface area (Å²) < 4.78 is 25.7. The number of nitrogens with zero attached hydrogens (tertiary/aromatic N) is 5. The Bertz CT molecular complexity index is 1390. The molecular formula is C29H35N5O3S. The van der Waals surface area contributed by atoms with Crippen LogP contribution in [-0.4, -0.2) is 68.7 Å². The number of hydrogen-bond donors (Lipinski definition) is 0. The number of carbonyl (C=O) groups is 1. The van der Waals surface area contributed by atoms with Crippen molar-refractivity contribution in [1.29, 1.82) is 0 Å². The van der Waals surface area contributed by atoms with Crippen LogP contribution < -0.4 is 9.80 Å². The third-order valence-electron chi connectivity index (χ3n) is 7.69. The predicted molar refractivity (Wildman–Crippen MR) is 148 cm³/mol. The average molecular weight is 534 g/mol. The number of anilines is 2. The summed E-state index contributed by atoms with van der Waals surface area (Å²) >= 11 is 0. The van der Waals surface area contributed by atoms with Gasteiger partial charge in [-0.15, -0.1) is 10.2 Å². The Labute approximate surface area is 225 Å². The van der Waals surface area contributed by atoms with Crippen LogP contribution in [0.1, 0.15) is 29.5 Å². The molecule has 0 atom stereocenters. The van der Waals surface area contributed by atoms with Crippen LogP contribution in [0.25, 0.3) is 0 Å². The van der Waals surface area contributed by atoms with Gasteiger partial charge in [-0.2, -0.15) is 0 Å². The molecule has 1 amide bonds. The van der Waals surface area contributed by atoms with E-state index in [-0.39, 0.29) is 21.7 Å². The monoisotopic (exact) mass is 533 g/mol. The first-order valence-corrected chi connectivity index (χ1v) is 14.7. The number of rotatable bonds is 5. The molecule has 0 bridgehead atoms. The van der Waals surface area contributed by atoms with Crippen LogP contribution >= 0.6 is 0 Å². The van der Waals surface area contributed by atoms with Crippen LogP contribution in [-0.2, 0) is 14.6 Å². The molecular weight excluding hydrogens is 498 g/mol. The quantitative estimate of drug-likeness (QED) is 0.493. The van der Waals surface area contributed by atoms with E-state index in [1.54, 1.807) is 30.3 Å². The third kappa shape index (κ3) is 5.38. The summed E-state index contributed by atoms with van der Waals surface area (Å²) in [5.74, 6) is 0.893. The van der Waals surface area contributed by atoms with Crippen LogP contribution in [0.5, 0.6) is 0 Å². The van der Waals surface area contributed by atoms with Gasteiger partial charge >= 0.3 is 0 Å². The minimum Gasteiger partial charge on any atom is -0.368 e. The van der Waals surface area contributed by atoms with Gasteiger partial charge in [-0.05, 0) is 69.5 Å². The van der Waals surface area contributed by atoms with Gasteiger partial charge in [0.25, 0.3) is 0 Å². The summed E-state index contributed by atoms with van der Waals surface area (Å²) in [6.07, 6.45) is 1.50. The highest BCUT2D eigenvalue weighted by atomic mass is 32.2. The molecule has 2 fully saturated rings. The van der Waals surface area contributed by atoms with Crippen molar-refractivity contribution in [3.63, 3.8) is 0 Å². The average Bonchev–Trinajstić information content (AvgIpc) is 2.93. The molecule has 3 heterocycles. The molecule has 0 spiro atoms. The second-order valence-corrected chi connectivity index (χ2v) is 12.3. The minimum atomic E-state index is -3.71. The van der Waals surface area contributed by atoms with E-state index in [0.29, 0.717) is 18.9 Å². The van der Waals surface area contributed by atoms with E-state index in [1.165, 1.54) is 22.9 Å². The lowest BCUT2D eigenvalue weighted by Gasteiger charge is -2.40. The van der Waals surface area contributed by atoms with Crippen LogP contribution in [0.15, 0.2) is 64.5 Å². The number of amides is 1. The van der Waals surface area contributed by atoms with Gasteiger partial charge in [0.05, 0.1) is 4.90 Å². The molecule has 2 aliphatic heterocycles.